The summed E-state index contributed by atoms with van der Waals surface area (Å²) >= 11 is 9.91. The Labute approximate surface area is 80.6 Å². The molecule has 0 aliphatic rings. The van der Waals surface area contributed by atoms with Crippen molar-refractivity contribution in [2.75, 3.05) is 5.33 Å². The van der Waals surface area contributed by atoms with Gasteiger partial charge in [0.15, 0.2) is 0 Å². The highest BCUT2D eigenvalue weighted by Gasteiger charge is 2.29. The molecule has 1 unspecified atom stereocenters. The van der Waals surface area contributed by atoms with Crippen molar-refractivity contribution in [2.45, 2.75) is 22.7 Å². The van der Waals surface area contributed by atoms with E-state index in [4.69, 9.17) is 0 Å². The molecule has 0 aromatic heterocycles. The molecule has 0 fully saturated rings. The van der Waals surface area contributed by atoms with Crippen LogP contribution in [0.3, 0.4) is 0 Å². The Hall–Kier alpha value is 1.40. The first-order valence-electron chi connectivity index (χ1n) is 2.66. The Morgan fingerprint density at radius 1 is 1.56 bits per heavy atom. The average Bonchev–Trinajstić information content (AvgIpc) is 1.86. The van der Waals surface area contributed by atoms with Gasteiger partial charge in [0.05, 0.1) is 6.10 Å². The zero-order valence-corrected chi connectivity index (χ0v) is 9.83. The van der Waals surface area contributed by atoms with Crippen molar-refractivity contribution in [2.24, 2.45) is 0 Å². The van der Waals surface area contributed by atoms with E-state index in [-0.39, 0.29) is 9.34 Å². The van der Waals surface area contributed by atoms with Gasteiger partial charge in [0, 0.05) is 5.33 Å². The molecule has 0 aliphatic carbocycles. The molecule has 0 spiro atoms. The van der Waals surface area contributed by atoms with Crippen molar-refractivity contribution >= 4 is 47.8 Å². The van der Waals surface area contributed by atoms with E-state index in [1.165, 1.54) is 0 Å². The molecule has 1 nitrogen and oxygen atoms in total. The number of halogens is 3. The van der Waals surface area contributed by atoms with Crippen molar-refractivity contribution in [3.05, 3.63) is 0 Å². The molecule has 0 aromatic carbocycles. The Morgan fingerprint density at radius 3 is 2.11 bits per heavy atom. The van der Waals surface area contributed by atoms with Crippen LogP contribution in [0.15, 0.2) is 0 Å². The molecule has 0 saturated heterocycles. The monoisotopic (exact) mass is 322 g/mol. The Morgan fingerprint density at radius 2 is 2.00 bits per heavy atom. The summed E-state index contributed by atoms with van der Waals surface area (Å²) in [6, 6.07) is 0. The zero-order valence-electron chi connectivity index (χ0n) is 5.07. The minimum Gasteiger partial charge on any atom is -0.391 e. The van der Waals surface area contributed by atoms with Gasteiger partial charge in [0.2, 0.25) is 0 Å². The fourth-order valence-electron chi connectivity index (χ4n) is 0.388. The van der Waals surface area contributed by atoms with Crippen LogP contribution in [-0.4, -0.2) is 19.8 Å². The van der Waals surface area contributed by atoms with Gasteiger partial charge in [0.25, 0.3) is 0 Å². The van der Waals surface area contributed by atoms with Gasteiger partial charge in [-0.2, -0.15) is 0 Å². The van der Waals surface area contributed by atoms with Crippen LogP contribution in [0.1, 0.15) is 13.3 Å². The summed E-state index contributed by atoms with van der Waals surface area (Å²) < 4.78 is -0.352. The highest BCUT2D eigenvalue weighted by Crippen LogP contribution is 2.33. The van der Waals surface area contributed by atoms with E-state index in [0.717, 1.165) is 6.42 Å². The highest BCUT2D eigenvalue weighted by atomic mass is 79.9. The van der Waals surface area contributed by atoms with E-state index < -0.39 is 0 Å². The molecule has 0 bridgehead atoms. The van der Waals surface area contributed by atoms with Gasteiger partial charge in [-0.3, -0.25) is 0 Å². The minimum atomic E-state index is -0.352. The highest BCUT2D eigenvalue weighted by molar-refractivity contribution is 9.26. The van der Waals surface area contributed by atoms with Gasteiger partial charge < -0.3 is 5.11 Å². The lowest BCUT2D eigenvalue weighted by molar-refractivity contribution is 0.168. The lowest BCUT2D eigenvalue weighted by Gasteiger charge is -2.22. The fourth-order valence-corrected chi connectivity index (χ4v) is 1.41. The van der Waals surface area contributed by atoms with Crippen molar-refractivity contribution in [1.29, 1.82) is 0 Å². The SMILES string of the molecule is CCC(O)C(Br)(Br)CBr. The van der Waals surface area contributed by atoms with Gasteiger partial charge in [-0.1, -0.05) is 54.7 Å². The molecule has 0 heterocycles. The number of aliphatic hydroxyl groups is 1. The van der Waals surface area contributed by atoms with Crippen LogP contribution in [0.2, 0.25) is 0 Å². The normalized spacial score (nSPS) is 15.7. The second-order valence-corrected chi connectivity index (χ2v) is 6.27. The molecule has 9 heavy (non-hydrogen) atoms. The second-order valence-electron chi connectivity index (χ2n) is 1.82. The predicted molar refractivity (Wildman–Crippen MR) is 50.7 cm³/mol. The molecule has 4 heteroatoms. The molecule has 0 amide bonds. The van der Waals surface area contributed by atoms with Crippen LogP contribution >= 0.6 is 47.8 Å². The molecular formula is C5H9Br3O. The van der Waals surface area contributed by atoms with Crippen molar-refractivity contribution in [3.63, 3.8) is 0 Å². The van der Waals surface area contributed by atoms with Gasteiger partial charge in [-0.25, -0.2) is 0 Å². The molecule has 0 saturated carbocycles. The Balaban J connectivity index is 3.80. The van der Waals surface area contributed by atoms with Crippen LogP contribution in [0.5, 0.6) is 0 Å². The number of aliphatic hydroxyl groups excluding tert-OH is 1. The van der Waals surface area contributed by atoms with E-state index >= 15 is 0 Å². The molecular weight excluding hydrogens is 316 g/mol. The first-order chi connectivity index (χ1) is 4.04. The topological polar surface area (TPSA) is 20.2 Å². The van der Waals surface area contributed by atoms with Crippen LogP contribution in [-0.2, 0) is 0 Å². The van der Waals surface area contributed by atoms with Gasteiger partial charge in [-0.15, -0.1) is 0 Å². The first-order valence-corrected chi connectivity index (χ1v) is 5.37. The predicted octanol–water partition coefficient (Wildman–Crippen LogP) is 2.64. The van der Waals surface area contributed by atoms with Crippen molar-refractivity contribution in [3.8, 4) is 0 Å². The summed E-state index contributed by atoms with van der Waals surface area (Å²) in [4.78, 5) is 0. The summed E-state index contributed by atoms with van der Waals surface area (Å²) in [5.74, 6) is 0. The molecule has 56 valence electrons. The van der Waals surface area contributed by atoms with Gasteiger partial charge >= 0.3 is 0 Å². The van der Waals surface area contributed by atoms with E-state index in [2.05, 4.69) is 47.8 Å². The molecule has 1 N–H and O–H groups in total. The molecule has 0 rings (SSSR count). The molecule has 0 aromatic rings. The standard InChI is InChI=1S/C5H9Br3O/c1-2-4(9)5(7,8)3-6/h4,9H,2-3H2,1H3. The quantitative estimate of drug-likeness (QED) is 0.791. The van der Waals surface area contributed by atoms with Crippen LogP contribution < -0.4 is 0 Å². The molecule has 0 radical (unpaired) electrons. The zero-order chi connectivity index (χ0) is 7.49. The maximum absolute atomic E-state index is 9.26. The maximum Gasteiger partial charge on any atom is 0.116 e. The molecule has 0 aliphatic heterocycles. The third kappa shape index (κ3) is 3.35. The lowest BCUT2D eigenvalue weighted by atomic mass is 10.2. The van der Waals surface area contributed by atoms with E-state index in [1.807, 2.05) is 6.92 Å². The third-order valence-electron chi connectivity index (χ3n) is 1.05. The summed E-state index contributed by atoms with van der Waals surface area (Å²) in [5.41, 5.74) is 0. The third-order valence-corrected chi connectivity index (χ3v) is 5.06. The van der Waals surface area contributed by atoms with Gasteiger partial charge in [-0.05, 0) is 6.42 Å². The number of rotatable bonds is 3. The van der Waals surface area contributed by atoms with Crippen LogP contribution in [0.25, 0.3) is 0 Å². The Bertz CT molecular complexity index is 84.3. The van der Waals surface area contributed by atoms with Crippen LogP contribution in [0.4, 0.5) is 0 Å². The van der Waals surface area contributed by atoms with E-state index in [9.17, 15) is 5.11 Å². The fraction of sp³-hybridized carbons (Fsp3) is 1.00. The summed E-state index contributed by atoms with van der Waals surface area (Å²) in [6.07, 6.45) is 0.388. The minimum absolute atomic E-state index is 0.350. The summed E-state index contributed by atoms with van der Waals surface area (Å²) in [7, 11) is 0. The number of alkyl halides is 3. The average molecular weight is 325 g/mol. The van der Waals surface area contributed by atoms with Gasteiger partial charge in [0.1, 0.15) is 3.23 Å². The van der Waals surface area contributed by atoms with Crippen molar-refractivity contribution in [1.82, 2.24) is 0 Å². The van der Waals surface area contributed by atoms with Crippen LogP contribution in [0, 0.1) is 0 Å². The smallest absolute Gasteiger partial charge is 0.116 e. The second kappa shape index (κ2) is 4.31. The Kier molecular flexibility index (Phi) is 4.98. The first kappa shape index (κ1) is 10.4. The summed E-state index contributed by atoms with van der Waals surface area (Å²) in [6.45, 7) is 1.94. The molecule has 1 atom stereocenters. The van der Waals surface area contributed by atoms with E-state index in [1.54, 1.807) is 0 Å². The largest absolute Gasteiger partial charge is 0.391 e. The van der Waals surface area contributed by atoms with E-state index in [0.29, 0.717) is 5.33 Å². The number of hydrogen-bond acceptors (Lipinski definition) is 1. The van der Waals surface area contributed by atoms with Crippen molar-refractivity contribution < 1.29 is 5.11 Å². The summed E-state index contributed by atoms with van der Waals surface area (Å²) in [5, 5.41) is 9.95. The number of hydrogen-bond donors (Lipinski definition) is 1. The maximum atomic E-state index is 9.26. The lowest BCUT2D eigenvalue weighted by Crippen LogP contribution is -2.30.